The number of hydrogen-bond acceptors (Lipinski definition) is 2. The van der Waals surface area contributed by atoms with Crippen molar-refractivity contribution in [1.82, 2.24) is 0 Å². The third kappa shape index (κ3) is 2.39. The van der Waals surface area contributed by atoms with Gasteiger partial charge in [-0.2, -0.15) is 0 Å². The molecule has 0 radical (unpaired) electrons. The van der Waals surface area contributed by atoms with E-state index in [1.165, 1.54) is 6.92 Å². The molecular weight excluding hydrogens is 327 g/mol. The molecule has 2 aromatic rings. The van der Waals surface area contributed by atoms with Crippen molar-refractivity contribution < 1.29 is 9.59 Å². The number of fused-ring (bicyclic) bond motifs is 1. The number of rotatable bonds is 3. The molecule has 0 aromatic heterocycles. The second kappa shape index (κ2) is 4.96. The van der Waals surface area contributed by atoms with E-state index in [-0.39, 0.29) is 11.6 Å². The Bertz CT molecular complexity index is 584. The Balaban J connectivity index is 2.56. The minimum atomic E-state index is -0.599. The zero-order valence-corrected chi connectivity index (χ0v) is 11.5. The average Bonchev–Trinajstić information content (AvgIpc) is 2.36. The van der Waals surface area contributed by atoms with Gasteiger partial charge in [0.15, 0.2) is 5.78 Å². The van der Waals surface area contributed by atoms with Crippen LogP contribution in [0.3, 0.4) is 0 Å². The summed E-state index contributed by atoms with van der Waals surface area (Å²) in [4.78, 5) is 23.4. The smallest absolute Gasteiger partial charge is 0.183 e. The van der Waals surface area contributed by atoms with Crippen molar-refractivity contribution in [3.05, 3.63) is 48.0 Å². The highest BCUT2D eigenvalue weighted by atomic mass is 127. The highest BCUT2D eigenvalue weighted by Gasteiger charge is 2.22. The molecule has 0 aliphatic heterocycles. The highest BCUT2D eigenvalue weighted by Crippen LogP contribution is 2.22. The van der Waals surface area contributed by atoms with Crippen LogP contribution in [-0.4, -0.2) is 15.5 Å². The molecule has 86 valence electrons. The van der Waals surface area contributed by atoms with Gasteiger partial charge in [0.25, 0.3) is 0 Å². The van der Waals surface area contributed by atoms with Gasteiger partial charge in [0.05, 0.1) is 0 Å². The van der Waals surface area contributed by atoms with Crippen molar-refractivity contribution in [3.8, 4) is 0 Å². The molecule has 0 aliphatic rings. The summed E-state index contributed by atoms with van der Waals surface area (Å²) in [7, 11) is 0. The largest absolute Gasteiger partial charge is 0.298 e. The van der Waals surface area contributed by atoms with Gasteiger partial charge in [-0.15, -0.1) is 0 Å². The summed E-state index contributed by atoms with van der Waals surface area (Å²) < 4.78 is -0.599. The standard InChI is InChI=1S/C14H11IO2/c1-9(16)13(15)14(17)12-8-4-6-10-5-2-3-7-11(10)12/h2-8,13H,1H3. The summed E-state index contributed by atoms with van der Waals surface area (Å²) in [6.45, 7) is 1.44. The zero-order valence-electron chi connectivity index (χ0n) is 9.31. The topological polar surface area (TPSA) is 34.1 Å². The van der Waals surface area contributed by atoms with Crippen LogP contribution in [0.2, 0.25) is 0 Å². The van der Waals surface area contributed by atoms with Gasteiger partial charge in [0.1, 0.15) is 9.71 Å². The van der Waals surface area contributed by atoms with Crippen molar-refractivity contribution >= 4 is 44.9 Å². The fourth-order valence-corrected chi connectivity index (χ4v) is 2.10. The summed E-state index contributed by atoms with van der Waals surface area (Å²) >= 11 is 1.89. The third-order valence-corrected chi connectivity index (χ3v) is 4.08. The molecule has 1 unspecified atom stereocenters. The number of ketones is 2. The van der Waals surface area contributed by atoms with Gasteiger partial charge in [-0.3, -0.25) is 9.59 Å². The number of alkyl halides is 1. The summed E-state index contributed by atoms with van der Waals surface area (Å²) in [5.74, 6) is -0.224. The van der Waals surface area contributed by atoms with Crippen LogP contribution in [0.1, 0.15) is 17.3 Å². The van der Waals surface area contributed by atoms with Gasteiger partial charge >= 0.3 is 0 Å². The number of carbonyl (C=O) groups is 2. The molecule has 0 amide bonds. The van der Waals surface area contributed by atoms with E-state index in [9.17, 15) is 9.59 Å². The van der Waals surface area contributed by atoms with Gasteiger partial charge < -0.3 is 0 Å². The zero-order chi connectivity index (χ0) is 12.4. The molecule has 0 saturated carbocycles. The van der Waals surface area contributed by atoms with E-state index in [1.807, 2.05) is 59.0 Å². The number of hydrogen-bond donors (Lipinski definition) is 0. The van der Waals surface area contributed by atoms with E-state index in [0.717, 1.165) is 10.8 Å². The fourth-order valence-electron chi connectivity index (χ4n) is 1.76. The monoisotopic (exact) mass is 338 g/mol. The van der Waals surface area contributed by atoms with Gasteiger partial charge in [-0.1, -0.05) is 65.1 Å². The first-order chi connectivity index (χ1) is 8.11. The molecule has 2 nitrogen and oxygen atoms in total. The van der Waals surface area contributed by atoms with Crippen LogP contribution >= 0.6 is 22.6 Å². The molecule has 1 atom stereocenters. The van der Waals surface area contributed by atoms with Crippen LogP contribution in [0.5, 0.6) is 0 Å². The summed E-state index contributed by atoms with van der Waals surface area (Å²) in [5, 5.41) is 1.92. The molecule has 0 bridgehead atoms. The lowest BCUT2D eigenvalue weighted by molar-refractivity contribution is -0.115. The molecule has 0 fully saturated rings. The summed E-state index contributed by atoms with van der Waals surface area (Å²) in [6.07, 6.45) is 0. The Morgan fingerprint density at radius 1 is 1.06 bits per heavy atom. The minimum Gasteiger partial charge on any atom is -0.298 e. The molecule has 17 heavy (non-hydrogen) atoms. The maximum absolute atomic E-state index is 12.2. The molecule has 0 saturated heterocycles. The molecule has 2 aromatic carbocycles. The predicted octanol–water partition coefficient (Wildman–Crippen LogP) is 3.42. The van der Waals surface area contributed by atoms with Gasteiger partial charge in [-0.05, 0) is 17.7 Å². The molecule has 2 rings (SSSR count). The quantitative estimate of drug-likeness (QED) is 0.372. The summed E-state index contributed by atoms with van der Waals surface area (Å²) in [5.41, 5.74) is 0.623. The minimum absolute atomic E-state index is 0.108. The Morgan fingerprint density at radius 3 is 2.41 bits per heavy atom. The lowest BCUT2D eigenvalue weighted by Gasteiger charge is -2.08. The number of Topliss-reactive ketones (excluding diaryl/α,β-unsaturated/α-hetero) is 2. The average molecular weight is 338 g/mol. The first kappa shape index (κ1) is 12.2. The van der Waals surface area contributed by atoms with Gasteiger partial charge in [-0.25, -0.2) is 0 Å². The molecule has 0 heterocycles. The van der Waals surface area contributed by atoms with E-state index in [1.54, 1.807) is 6.07 Å². The van der Waals surface area contributed by atoms with Crippen LogP contribution < -0.4 is 0 Å². The van der Waals surface area contributed by atoms with Crippen molar-refractivity contribution in [2.75, 3.05) is 0 Å². The Labute approximate surface area is 113 Å². The van der Waals surface area contributed by atoms with Crippen LogP contribution in [0.15, 0.2) is 42.5 Å². The fraction of sp³-hybridized carbons (Fsp3) is 0.143. The van der Waals surface area contributed by atoms with Crippen LogP contribution in [0.25, 0.3) is 10.8 Å². The van der Waals surface area contributed by atoms with Crippen LogP contribution in [0, 0.1) is 0 Å². The predicted molar refractivity (Wildman–Crippen MR) is 76.8 cm³/mol. The maximum atomic E-state index is 12.2. The van der Waals surface area contributed by atoms with E-state index in [0.29, 0.717) is 5.56 Å². The van der Waals surface area contributed by atoms with Crippen LogP contribution in [0.4, 0.5) is 0 Å². The number of carbonyl (C=O) groups excluding carboxylic acids is 2. The van der Waals surface area contributed by atoms with E-state index < -0.39 is 3.92 Å². The van der Waals surface area contributed by atoms with E-state index in [2.05, 4.69) is 0 Å². The summed E-state index contributed by atoms with van der Waals surface area (Å²) in [6, 6.07) is 13.3. The Morgan fingerprint density at radius 2 is 1.71 bits per heavy atom. The second-order valence-electron chi connectivity index (χ2n) is 3.86. The highest BCUT2D eigenvalue weighted by molar-refractivity contribution is 14.1. The van der Waals surface area contributed by atoms with Crippen molar-refractivity contribution in [1.29, 1.82) is 0 Å². The molecular formula is C14H11IO2. The molecule has 0 N–H and O–H groups in total. The molecule has 0 spiro atoms. The van der Waals surface area contributed by atoms with Crippen molar-refractivity contribution in [2.24, 2.45) is 0 Å². The normalized spacial score (nSPS) is 12.4. The molecule has 3 heteroatoms. The SMILES string of the molecule is CC(=O)C(I)C(=O)c1cccc2ccccc12. The van der Waals surface area contributed by atoms with E-state index in [4.69, 9.17) is 0 Å². The van der Waals surface area contributed by atoms with Crippen LogP contribution in [-0.2, 0) is 4.79 Å². The van der Waals surface area contributed by atoms with Crippen molar-refractivity contribution in [2.45, 2.75) is 10.8 Å². The second-order valence-corrected chi connectivity index (χ2v) is 5.11. The Hall–Kier alpha value is -1.23. The third-order valence-electron chi connectivity index (χ3n) is 2.64. The lowest BCUT2D eigenvalue weighted by atomic mass is 9.99. The maximum Gasteiger partial charge on any atom is 0.183 e. The first-order valence-electron chi connectivity index (χ1n) is 5.28. The Kier molecular flexibility index (Phi) is 3.57. The number of halogens is 1. The lowest BCUT2D eigenvalue weighted by Crippen LogP contribution is -2.21. The van der Waals surface area contributed by atoms with Crippen molar-refractivity contribution in [3.63, 3.8) is 0 Å². The molecule has 0 aliphatic carbocycles. The van der Waals surface area contributed by atoms with E-state index >= 15 is 0 Å². The first-order valence-corrected chi connectivity index (χ1v) is 6.52. The van der Waals surface area contributed by atoms with Gasteiger partial charge in [0.2, 0.25) is 0 Å². The number of benzene rings is 2. The van der Waals surface area contributed by atoms with Gasteiger partial charge in [0, 0.05) is 5.56 Å².